The molecule has 8 nitrogen and oxygen atoms in total. The van der Waals surface area contributed by atoms with E-state index >= 15 is 0 Å². The molecule has 37 heavy (non-hydrogen) atoms. The SMILES string of the molecule is C=CCN(C)C(=O)[C@@H]1[C@H]2C(=O)N(CCCCCCO)C(C(=O)N(CC=C)C3CCCCC3)C23CC[C@H]1O3. The second-order valence-corrected chi connectivity index (χ2v) is 11.3. The van der Waals surface area contributed by atoms with E-state index in [4.69, 9.17) is 9.84 Å². The molecular formula is C29H45N3O5. The molecular weight excluding hydrogens is 470 g/mol. The van der Waals surface area contributed by atoms with Crippen molar-refractivity contribution in [3.05, 3.63) is 25.3 Å². The molecule has 4 aliphatic rings. The minimum Gasteiger partial charge on any atom is -0.396 e. The Bertz CT molecular complexity index is 872. The zero-order valence-corrected chi connectivity index (χ0v) is 22.5. The smallest absolute Gasteiger partial charge is 0.248 e. The number of likely N-dealkylation sites (N-methyl/N-ethyl adjacent to an activating group) is 1. The van der Waals surface area contributed by atoms with Gasteiger partial charge in [-0.05, 0) is 38.5 Å². The van der Waals surface area contributed by atoms with Gasteiger partial charge >= 0.3 is 0 Å². The number of aliphatic hydroxyl groups excluding tert-OH is 1. The Morgan fingerprint density at radius 1 is 1.05 bits per heavy atom. The van der Waals surface area contributed by atoms with Gasteiger partial charge in [0.05, 0.1) is 17.9 Å². The molecule has 3 amide bonds. The zero-order chi connectivity index (χ0) is 26.6. The van der Waals surface area contributed by atoms with E-state index in [1.165, 1.54) is 6.42 Å². The fraction of sp³-hybridized carbons (Fsp3) is 0.759. The van der Waals surface area contributed by atoms with Crippen molar-refractivity contribution in [1.29, 1.82) is 0 Å². The first-order valence-electron chi connectivity index (χ1n) is 14.3. The second kappa shape index (κ2) is 12.1. The molecule has 4 rings (SSSR count). The van der Waals surface area contributed by atoms with Crippen LogP contribution in [-0.4, -0.2) is 94.6 Å². The Hall–Kier alpha value is -2.19. The summed E-state index contributed by atoms with van der Waals surface area (Å²) < 4.78 is 6.60. The normalized spacial score (nSPS) is 30.9. The van der Waals surface area contributed by atoms with Gasteiger partial charge in [-0.3, -0.25) is 14.4 Å². The quantitative estimate of drug-likeness (QED) is 0.301. The van der Waals surface area contributed by atoms with E-state index in [-0.39, 0.29) is 36.5 Å². The van der Waals surface area contributed by atoms with Crippen molar-refractivity contribution in [3.63, 3.8) is 0 Å². The van der Waals surface area contributed by atoms with Gasteiger partial charge in [0.15, 0.2) is 0 Å². The van der Waals surface area contributed by atoms with E-state index in [1.54, 1.807) is 29.0 Å². The first-order chi connectivity index (χ1) is 17.9. The monoisotopic (exact) mass is 515 g/mol. The van der Waals surface area contributed by atoms with Crippen molar-refractivity contribution < 1.29 is 24.2 Å². The Morgan fingerprint density at radius 2 is 1.76 bits per heavy atom. The summed E-state index contributed by atoms with van der Waals surface area (Å²) in [5, 5.41) is 9.13. The lowest BCUT2D eigenvalue weighted by atomic mass is 9.70. The molecule has 206 valence electrons. The maximum atomic E-state index is 14.4. The van der Waals surface area contributed by atoms with Gasteiger partial charge < -0.3 is 24.5 Å². The number of amides is 3. The van der Waals surface area contributed by atoms with Crippen LogP contribution >= 0.6 is 0 Å². The molecule has 1 aliphatic carbocycles. The molecule has 0 aromatic heterocycles. The summed E-state index contributed by atoms with van der Waals surface area (Å²) in [7, 11) is 1.73. The van der Waals surface area contributed by atoms with Crippen LogP contribution in [0.15, 0.2) is 25.3 Å². The molecule has 1 spiro atoms. The minimum atomic E-state index is -0.951. The van der Waals surface area contributed by atoms with Crippen LogP contribution in [0.4, 0.5) is 0 Å². The number of aliphatic hydroxyl groups is 1. The van der Waals surface area contributed by atoms with Gasteiger partial charge in [0.1, 0.15) is 11.6 Å². The third kappa shape index (κ3) is 5.11. The van der Waals surface area contributed by atoms with Gasteiger partial charge in [0.2, 0.25) is 17.7 Å². The van der Waals surface area contributed by atoms with E-state index < -0.39 is 23.5 Å². The largest absolute Gasteiger partial charge is 0.396 e. The molecule has 3 aliphatic heterocycles. The number of fused-ring (bicyclic) bond motifs is 1. The predicted octanol–water partition coefficient (Wildman–Crippen LogP) is 2.91. The van der Waals surface area contributed by atoms with Gasteiger partial charge in [-0.2, -0.15) is 0 Å². The van der Waals surface area contributed by atoms with Gasteiger partial charge in [0.25, 0.3) is 0 Å². The van der Waals surface area contributed by atoms with E-state index in [0.29, 0.717) is 32.5 Å². The lowest BCUT2D eigenvalue weighted by Gasteiger charge is -2.40. The maximum Gasteiger partial charge on any atom is 0.248 e. The highest BCUT2D eigenvalue weighted by Gasteiger charge is 2.74. The first-order valence-corrected chi connectivity index (χ1v) is 14.3. The molecule has 8 heteroatoms. The van der Waals surface area contributed by atoms with Crippen molar-refractivity contribution in [3.8, 4) is 0 Å². The van der Waals surface area contributed by atoms with E-state index in [0.717, 1.165) is 51.4 Å². The van der Waals surface area contributed by atoms with Gasteiger partial charge in [-0.15, -0.1) is 13.2 Å². The second-order valence-electron chi connectivity index (χ2n) is 11.3. The summed E-state index contributed by atoms with van der Waals surface area (Å²) in [6, 6.07) is -0.566. The minimum absolute atomic E-state index is 0.0498. The van der Waals surface area contributed by atoms with Crippen LogP contribution in [0, 0.1) is 11.8 Å². The van der Waals surface area contributed by atoms with Crippen LogP contribution in [0.25, 0.3) is 0 Å². The summed E-state index contributed by atoms with van der Waals surface area (Å²) >= 11 is 0. The zero-order valence-electron chi connectivity index (χ0n) is 22.5. The predicted molar refractivity (Wildman–Crippen MR) is 141 cm³/mol. The van der Waals surface area contributed by atoms with Crippen molar-refractivity contribution >= 4 is 17.7 Å². The molecule has 5 atom stereocenters. The van der Waals surface area contributed by atoms with Gasteiger partial charge in [-0.25, -0.2) is 0 Å². The van der Waals surface area contributed by atoms with Gasteiger partial charge in [0, 0.05) is 39.3 Å². The Labute approximate surface area is 221 Å². The first kappa shape index (κ1) is 27.8. The number of hydrogen-bond acceptors (Lipinski definition) is 5. The van der Waals surface area contributed by atoms with E-state index in [1.807, 2.05) is 4.90 Å². The maximum absolute atomic E-state index is 14.4. The number of carbonyl (C=O) groups excluding carboxylic acids is 3. The van der Waals surface area contributed by atoms with E-state index in [9.17, 15) is 14.4 Å². The number of carbonyl (C=O) groups is 3. The lowest BCUT2D eigenvalue weighted by molar-refractivity contribution is -0.150. The highest BCUT2D eigenvalue weighted by Crippen LogP contribution is 2.59. The molecule has 4 fully saturated rings. The third-order valence-corrected chi connectivity index (χ3v) is 9.03. The van der Waals surface area contributed by atoms with Crippen molar-refractivity contribution in [2.75, 3.05) is 33.3 Å². The summed E-state index contributed by atoms with van der Waals surface area (Å²) in [5.41, 5.74) is -0.951. The summed E-state index contributed by atoms with van der Waals surface area (Å²) in [4.78, 5) is 47.3. The number of nitrogens with zero attached hydrogens (tertiary/aromatic N) is 3. The fourth-order valence-corrected chi connectivity index (χ4v) is 7.35. The number of hydrogen-bond donors (Lipinski definition) is 1. The van der Waals surface area contributed by atoms with Crippen LogP contribution < -0.4 is 0 Å². The number of rotatable bonds is 13. The lowest BCUT2D eigenvalue weighted by Crippen LogP contribution is -2.58. The standard InChI is InChI=1S/C29H45N3O5/c1-4-17-30(3)26(34)23-22-15-16-29(37-22)24(23)27(35)32(19-11-6-7-12-20-33)25(29)28(36)31(18-5-2)21-13-9-8-10-14-21/h4-5,21-25,33H,1-2,6-20H2,3H3/t22-,23+,24+,25?,29?/m1/s1. The van der Waals surface area contributed by atoms with Crippen LogP contribution in [0.5, 0.6) is 0 Å². The number of ether oxygens (including phenoxy) is 1. The van der Waals surface area contributed by atoms with Crippen LogP contribution in [-0.2, 0) is 19.1 Å². The molecule has 3 saturated heterocycles. The summed E-state index contributed by atoms with van der Waals surface area (Å²) in [6.07, 6.45) is 13.0. The Balaban J connectivity index is 1.65. The van der Waals surface area contributed by atoms with Crippen LogP contribution in [0.1, 0.15) is 70.6 Å². The van der Waals surface area contributed by atoms with Crippen molar-refractivity contribution in [2.45, 2.75) is 94.4 Å². The van der Waals surface area contributed by atoms with Gasteiger partial charge in [-0.1, -0.05) is 44.3 Å². The Kier molecular flexibility index (Phi) is 9.11. The number of unbranched alkanes of at least 4 members (excludes halogenated alkanes) is 3. The van der Waals surface area contributed by atoms with Crippen molar-refractivity contribution in [2.24, 2.45) is 11.8 Å². The molecule has 0 aromatic rings. The highest BCUT2D eigenvalue weighted by atomic mass is 16.5. The average molecular weight is 516 g/mol. The summed E-state index contributed by atoms with van der Waals surface area (Å²) in [5.74, 6) is -1.46. The molecule has 0 aromatic carbocycles. The molecule has 1 N–H and O–H groups in total. The third-order valence-electron chi connectivity index (χ3n) is 9.03. The molecule has 2 bridgehead atoms. The molecule has 1 saturated carbocycles. The number of likely N-dealkylation sites (tertiary alicyclic amines) is 1. The topological polar surface area (TPSA) is 90.4 Å². The van der Waals surface area contributed by atoms with Crippen LogP contribution in [0.2, 0.25) is 0 Å². The van der Waals surface area contributed by atoms with Crippen LogP contribution in [0.3, 0.4) is 0 Å². The Morgan fingerprint density at radius 3 is 2.43 bits per heavy atom. The average Bonchev–Trinajstić information content (AvgIpc) is 3.54. The molecule has 3 heterocycles. The van der Waals surface area contributed by atoms with E-state index in [2.05, 4.69) is 13.2 Å². The molecule has 0 radical (unpaired) electrons. The summed E-state index contributed by atoms with van der Waals surface area (Å²) in [6.45, 7) is 9.14. The highest BCUT2D eigenvalue weighted by molar-refractivity contribution is 5.99. The molecule has 2 unspecified atom stereocenters. The van der Waals surface area contributed by atoms with Crippen molar-refractivity contribution in [1.82, 2.24) is 14.7 Å². The fourth-order valence-electron chi connectivity index (χ4n) is 7.35.